The molecule has 1 aliphatic rings. The Morgan fingerprint density at radius 1 is 1.14 bits per heavy atom. The van der Waals surface area contributed by atoms with Crippen molar-refractivity contribution in [2.45, 2.75) is 24.9 Å². The lowest BCUT2D eigenvalue weighted by atomic mass is 9.87. The van der Waals surface area contributed by atoms with Crippen LogP contribution < -0.4 is 16.4 Å². The zero-order chi connectivity index (χ0) is 14.9. The molecule has 1 aromatic carbocycles. The fourth-order valence-corrected chi connectivity index (χ4v) is 3.56. The molecule has 0 aliphatic heterocycles. The molecular weight excluding hydrogens is 296 g/mol. The molecule has 0 saturated heterocycles. The molecule has 0 radical (unpaired) electrons. The van der Waals surface area contributed by atoms with E-state index in [2.05, 4.69) is 31.7 Å². The van der Waals surface area contributed by atoms with Gasteiger partial charge in [0.2, 0.25) is 0 Å². The zero-order valence-corrected chi connectivity index (χ0v) is 12.7. The minimum absolute atomic E-state index is 0.393. The molecular formula is C15H16N6S. The molecule has 7 heteroatoms. The van der Waals surface area contributed by atoms with E-state index in [4.69, 9.17) is 5.73 Å². The Kier molecular flexibility index (Phi) is 3.27. The Morgan fingerprint density at radius 2 is 1.95 bits per heavy atom. The fraction of sp³-hybridized carbons (Fsp3) is 0.267. The third-order valence-corrected chi connectivity index (χ3v) is 4.81. The maximum atomic E-state index is 5.84. The molecule has 3 aromatic rings. The summed E-state index contributed by atoms with van der Waals surface area (Å²) in [7, 11) is 0. The summed E-state index contributed by atoms with van der Waals surface area (Å²) < 4.78 is 1.22. The van der Waals surface area contributed by atoms with Crippen molar-refractivity contribution in [3.05, 3.63) is 36.8 Å². The van der Waals surface area contributed by atoms with Gasteiger partial charge in [0.15, 0.2) is 10.9 Å². The number of nitrogens with zero attached hydrogens (tertiary/aromatic N) is 3. The number of nitrogens with two attached hydrogens (primary N) is 1. The first kappa shape index (κ1) is 13.3. The van der Waals surface area contributed by atoms with Crippen LogP contribution >= 0.6 is 11.3 Å². The third-order valence-electron chi connectivity index (χ3n) is 3.84. The molecule has 1 fully saturated rings. The van der Waals surface area contributed by atoms with Gasteiger partial charge in [-0.15, -0.1) is 0 Å². The maximum Gasteiger partial charge on any atom is 0.184 e. The number of anilines is 3. The van der Waals surface area contributed by atoms with Gasteiger partial charge in [-0.2, -0.15) is 0 Å². The van der Waals surface area contributed by atoms with E-state index < -0.39 is 0 Å². The minimum atomic E-state index is 0.393. The zero-order valence-electron chi connectivity index (χ0n) is 11.9. The second kappa shape index (κ2) is 5.42. The highest BCUT2D eigenvalue weighted by atomic mass is 32.1. The summed E-state index contributed by atoms with van der Waals surface area (Å²) in [6.07, 6.45) is 5.18. The SMILES string of the molecule is Nc1cncnc1NC1CC(Nc2nc3ccccc3s2)C1. The molecule has 0 bridgehead atoms. The summed E-state index contributed by atoms with van der Waals surface area (Å²) in [5, 5.41) is 7.85. The second-order valence-corrected chi connectivity index (χ2v) is 6.50. The van der Waals surface area contributed by atoms with E-state index in [0.29, 0.717) is 17.8 Å². The van der Waals surface area contributed by atoms with E-state index in [0.717, 1.165) is 29.3 Å². The second-order valence-electron chi connectivity index (χ2n) is 5.47. The van der Waals surface area contributed by atoms with Crippen molar-refractivity contribution in [2.24, 2.45) is 0 Å². The predicted octanol–water partition coefficient (Wildman–Crippen LogP) is 2.72. The van der Waals surface area contributed by atoms with Crippen molar-refractivity contribution < 1.29 is 0 Å². The molecule has 4 rings (SSSR count). The molecule has 0 spiro atoms. The van der Waals surface area contributed by atoms with Gasteiger partial charge in [0.05, 0.1) is 22.1 Å². The molecule has 22 heavy (non-hydrogen) atoms. The number of aromatic nitrogens is 3. The average molecular weight is 312 g/mol. The number of nitrogens with one attached hydrogen (secondary N) is 2. The van der Waals surface area contributed by atoms with Gasteiger partial charge in [-0.05, 0) is 25.0 Å². The van der Waals surface area contributed by atoms with Crippen molar-refractivity contribution in [1.29, 1.82) is 0 Å². The number of benzene rings is 1. The van der Waals surface area contributed by atoms with Gasteiger partial charge in [0.1, 0.15) is 6.33 Å². The first-order valence-corrected chi connectivity index (χ1v) is 8.04. The van der Waals surface area contributed by atoms with Gasteiger partial charge in [0, 0.05) is 12.1 Å². The van der Waals surface area contributed by atoms with E-state index in [9.17, 15) is 0 Å². The molecule has 0 unspecified atom stereocenters. The molecule has 0 amide bonds. The molecule has 0 atom stereocenters. The van der Waals surface area contributed by atoms with Crippen LogP contribution in [0.15, 0.2) is 36.8 Å². The van der Waals surface area contributed by atoms with Gasteiger partial charge < -0.3 is 16.4 Å². The fourth-order valence-electron chi connectivity index (χ4n) is 2.62. The monoisotopic (exact) mass is 312 g/mol. The van der Waals surface area contributed by atoms with Crippen LogP contribution in [0, 0.1) is 0 Å². The molecule has 4 N–H and O–H groups in total. The molecule has 1 saturated carbocycles. The Bertz CT molecular complexity index is 762. The molecule has 2 heterocycles. The Balaban J connectivity index is 1.35. The summed E-state index contributed by atoms with van der Waals surface area (Å²) >= 11 is 1.70. The van der Waals surface area contributed by atoms with Crippen LogP contribution in [0.1, 0.15) is 12.8 Å². The first-order chi connectivity index (χ1) is 10.8. The van der Waals surface area contributed by atoms with Crippen molar-refractivity contribution in [2.75, 3.05) is 16.4 Å². The largest absolute Gasteiger partial charge is 0.394 e. The van der Waals surface area contributed by atoms with Gasteiger partial charge >= 0.3 is 0 Å². The molecule has 2 aromatic heterocycles. The number of para-hydroxylation sites is 1. The average Bonchev–Trinajstić information content (AvgIpc) is 2.89. The number of thiazole rings is 1. The maximum absolute atomic E-state index is 5.84. The Labute approximate surface area is 131 Å². The highest BCUT2D eigenvalue weighted by Gasteiger charge is 2.30. The number of rotatable bonds is 4. The summed E-state index contributed by atoms with van der Waals surface area (Å²) in [5.41, 5.74) is 7.48. The Hall–Kier alpha value is -2.41. The summed E-state index contributed by atoms with van der Waals surface area (Å²) in [6.45, 7) is 0. The van der Waals surface area contributed by atoms with E-state index in [1.54, 1.807) is 17.5 Å². The number of hydrogen-bond acceptors (Lipinski definition) is 7. The normalized spacial score (nSPS) is 20.5. The van der Waals surface area contributed by atoms with Crippen LogP contribution in [-0.2, 0) is 0 Å². The molecule has 6 nitrogen and oxygen atoms in total. The van der Waals surface area contributed by atoms with Crippen molar-refractivity contribution in [1.82, 2.24) is 15.0 Å². The molecule has 1 aliphatic carbocycles. The topological polar surface area (TPSA) is 88.8 Å². The third kappa shape index (κ3) is 2.55. The highest BCUT2D eigenvalue weighted by Crippen LogP contribution is 2.31. The van der Waals surface area contributed by atoms with E-state index in [1.165, 1.54) is 11.0 Å². The van der Waals surface area contributed by atoms with Gasteiger partial charge in [-0.25, -0.2) is 15.0 Å². The van der Waals surface area contributed by atoms with Gasteiger partial charge in [0.25, 0.3) is 0 Å². The van der Waals surface area contributed by atoms with Crippen LogP contribution in [0.5, 0.6) is 0 Å². The lowest BCUT2D eigenvalue weighted by Gasteiger charge is -2.36. The van der Waals surface area contributed by atoms with Crippen molar-refractivity contribution >= 4 is 38.2 Å². The lowest BCUT2D eigenvalue weighted by Crippen LogP contribution is -2.43. The smallest absolute Gasteiger partial charge is 0.184 e. The van der Waals surface area contributed by atoms with Crippen molar-refractivity contribution in [3.8, 4) is 0 Å². The predicted molar refractivity (Wildman–Crippen MR) is 90.1 cm³/mol. The van der Waals surface area contributed by atoms with Crippen LogP contribution in [0.25, 0.3) is 10.2 Å². The Morgan fingerprint density at radius 3 is 2.77 bits per heavy atom. The summed E-state index contributed by atoms with van der Waals surface area (Å²) in [5.74, 6) is 0.721. The highest BCUT2D eigenvalue weighted by molar-refractivity contribution is 7.22. The summed E-state index contributed by atoms with van der Waals surface area (Å²) in [4.78, 5) is 12.7. The number of nitrogen functional groups attached to an aromatic ring is 1. The van der Waals surface area contributed by atoms with Crippen LogP contribution in [0.2, 0.25) is 0 Å². The number of hydrogen-bond donors (Lipinski definition) is 3. The first-order valence-electron chi connectivity index (χ1n) is 7.22. The number of fused-ring (bicyclic) bond motifs is 1. The van der Waals surface area contributed by atoms with Crippen LogP contribution in [-0.4, -0.2) is 27.0 Å². The molecule has 112 valence electrons. The minimum Gasteiger partial charge on any atom is -0.394 e. The summed E-state index contributed by atoms with van der Waals surface area (Å²) in [6, 6.07) is 9.03. The van der Waals surface area contributed by atoms with E-state index in [-0.39, 0.29) is 0 Å². The van der Waals surface area contributed by atoms with Gasteiger partial charge in [-0.3, -0.25) is 0 Å². The standard InChI is InChI=1S/C15H16N6S/c16-11-7-17-8-18-14(11)19-9-5-10(6-9)20-15-21-12-3-1-2-4-13(12)22-15/h1-4,7-10H,5-6,16H2,(H,20,21)(H,17,18,19). The van der Waals surface area contributed by atoms with Crippen LogP contribution in [0.4, 0.5) is 16.6 Å². The van der Waals surface area contributed by atoms with E-state index >= 15 is 0 Å². The van der Waals surface area contributed by atoms with Crippen molar-refractivity contribution in [3.63, 3.8) is 0 Å². The quantitative estimate of drug-likeness (QED) is 0.686. The van der Waals surface area contributed by atoms with Crippen LogP contribution in [0.3, 0.4) is 0 Å². The van der Waals surface area contributed by atoms with Gasteiger partial charge in [-0.1, -0.05) is 23.5 Å². The van der Waals surface area contributed by atoms with E-state index in [1.807, 2.05) is 18.2 Å². The lowest BCUT2D eigenvalue weighted by molar-refractivity contribution is 0.396.